The van der Waals surface area contributed by atoms with Gasteiger partial charge in [0.2, 0.25) is 5.91 Å². The molecule has 0 radical (unpaired) electrons. The third kappa shape index (κ3) is 6.51. The second-order valence-electron chi connectivity index (χ2n) is 7.96. The SMILES string of the molecule is CCCc1cc(CNC(=O)Cc2cccc(CN3CCOCC3)c2)ccc1C(C)=O. The molecule has 1 N–H and O–H groups in total. The number of carbonyl (C=O) groups excluding carboxylic acids is 2. The lowest BCUT2D eigenvalue weighted by Crippen LogP contribution is -2.35. The van der Waals surface area contributed by atoms with Crippen molar-refractivity contribution in [2.45, 2.75) is 46.2 Å². The number of carbonyl (C=O) groups is 2. The summed E-state index contributed by atoms with van der Waals surface area (Å²) in [5, 5.41) is 3.02. The average Bonchev–Trinajstić information content (AvgIpc) is 2.73. The lowest BCUT2D eigenvalue weighted by Gasteiger charge is -2.26. The number of benzene rings is 2. The smallest absolute Gasteiger partial charge is 0.224 e. The maximum absolute atomic E-state index is 12.5. The molecule has 1 amide bonds. The van der Waals surface area contributed by atoms with E-state index in [-0.39, 0.29) is 11.7 Å². The summed E-state index contributed by atoms with van der Waals surface area (Å²) in [5.74, 6) is 0.0946. The molecule has 30 heavy (non-hydrogen) atoms. The third-order valence-corrected chi connectivity index (χ3v) is 5.42. The van der Waals surface area contributed by atoms with E-state index in [1.165, 1.54) is 5.56 Å². The standard InChI is InChI=1S/C25H32N2O3/c1-3-5-23-15-21(8-9-24(23)19(2)28)17-26-25(29)16-20-6-4-7-22(14-20)18-27-10-12-30-13-11-27/h4,6-9,14-15H,3,5,10-13,16-18H2,1-2H3,(H,26,29). The molecule has 0 unspecified atom stereocenters. The van der Waals surface area contributed by atoms with Gasteiger partial charge in [0.25, 0.3) is 0 Å². The van der Waals surface area contributed by atoms with E-state index < -0.39 is 0 Å². The van der Waals surface area contributed by atoms with E-state index in [0.29, 0.717) is 13.0 Å². The largest absolute Gasteiger partial charge is 0.379 e. The first-order chi connectivity index (χ1) is 14.5. The summed E-state index contributed by atoms with van der Waals surface area (Å²) in [6.45, 7) is 8.54. The lowest BCUT2D eigenvalue weighted by molar-refractivity contribution is -0.120. The van der Waals surface area contributed by atoms with Crippen molar-refractivity contribution in [2.24, 2.45) is 0 Å². The molecule has 1 aliphatic heterocycles. The van der Waals surface area contributed by atoms with E-state index in [1.807, 2.05) is 30.3 Å². The van der Waals surface area contributed by atoms with E-state index in [4.69, 9.17) is 4.74 Å². The number of hydrogen-bond acceptors (Lipinski definition) is 4. The summed E-state index contributed by atoms with van der Waals surface area (Å²) in [7, 11) is 0. The molecule has 0 aliphatic carbocycles. The minimum Gasteiger partial charge on any atom is -0.379 e. The molecule has 2 aromatic rings. The van der Waals surface area contributed by atoms with Crippen molar-refractivity contribution in [1.29, 1.82) is 0 Å². The summed E-state index contributed by atoms with van der Waals surface area (Å²) in [6.07, 6.45) is 2.22. The molecule has 2 aromatic carbocycles. The molecular weight excluding hydrogens is 376 g/mol. The van der Waals surface area contributed by atoms with Gasteiger partial charge in [-0.15, -0.1) is 0 Å². The number of rotatable bonds is 9. The maximum atomic E-state index is 12.5. The zero-order chi connectivity index (χ0) is 21.3. The Labute approximate surface area is 179 Å². The zero-order valence-electron chi connectivity index (χ0n) is 18.1. The summed E-state index contributed by atoms with van der Waals surface area (Å²) >= 11 is 0. The Morgan fingerprint density at radius 3 is 2.53 bits per heavy atom. The van der Waals surface area contributed by atoms with Crippen LogP contribution in [0.15, 0.2) is 42.5 Å². The average molecular weight is 409 g/mol. The van der Waals surface area contributed by atoms with Gasteiger partial charge >= 0.3 is 0 Å². The fraction of sp³-hybridized carbons (Fsp3) is 0.440. The maximum Gasteiger partial charge on any atom is 0.224 e. The fourth-order valence-corrected chi connectivity index (χ4v) is 3.88. The predicted octanol–water partition coefficient (Wildman–Crippen LogP) is 3.53. The lowest BCUT2D eigenvalue weighted by atomic mass is 9.98. The number of nitrogens with zero attached hydrogens (tertiary/aromatic N) is 1. The third-order valence-electron chi connectivity index (χ3n) is 5.42. The van der Waals surface area contributed by atoms with Crippen molar-refractivity contribution >= 4 is 11.7 Å². The van der Waals surface area contributed by atoms with Crippen LogP contribution < -0.4 is 5.32 Å². The van der Waals surface area contributed by atoms with Crippen molar-refractivity contribution in [2.75, 3.05) is 26.3 Å². The molecule has 1 heterocycles. The summed E-state index contributed by atoms with van der Waals surface area (Å²) in [5.41, 5.74) is 5.12. The highest BCUT2D eigenvalue weighted by Crippen LogP contribution is 2.15. The van der Waals surface area contributed by atoms with Crippen LogP contribution in [0.25, 0.3) is 0 Å². The van der Waals surface area contributed by atoms with Gasteiger partial charge in [-0.2, -0.15) is 0 Å². The molecule has 0 saturated carbocycles. The van der Waals surface area contributed by atoms with Gasteiger partial charge in [0, 0.05) is 31.7 Å². The Kier molecular flexibility index (Phi) is 8.17. The second kappa shape index (κ2) is 11.0. The van der Waals surface area contributed by atoms with Gasteiger partial charge in [-0.1, -0.05) is 55.8 Å². The number of ether oxygens (including phenoxy) is 1. The van der Waals surface area contributed by atoms with Gasteiger partial charge < -0.3 is 10.1 Å². The first-order valence-corrected chi connectivity index (χ1v) is 10.8. The number of hydrogen-bond donors (Lipinski definition) is 1. The van der Waals surface area contributed by atoms with Crippen molar-refractivity contribution < 1.29 is 14.3 Å². The van der Waals surface area contributed by atoms with Gasteiger partial charge in [0.05, 0.1) is 19.6 Å². The molecule has 5 nitrogen and oxygen atoms in total. The quantitative estimate of drug-likeness (QED) is 0.645. The number of aryl methyl sites for hydroxylation is 1. The van der Waals surface area contributed by atoms with Gasteiger partial charge in [-0.25, -0.2) is 0 Å². The van der Waals surface area contributed by atoms with Crippen LogP contribution in [0.2, 0.25) is 0 Å². The van der Waals surface area contributed by atoms with E-state index in [9.17, 15) is 9.59 Å². The molecule has 0 spiro atoms. The molecule has 1 aliphatic rings. The topological polar surface area (TPSA) is 58.6 Å². The minimum absolute atomic E-state index is 0.00575. The van der Waals surface area contributed by atoms with E-state index in [0.717, 1.165) is 67.9 Å². The monoisotopic (exact) mass is 408 g/mol. The van der Waals surface area contributed by atoms with Gasteiger partial charge in [-0.3, -0.25) is 14.5 Å². The van der Waals surface area contributed by atoms with Gasteiger partial charge in [-0.05, 0) is 35.6 Å². The number of morpholine rings is 1. The van der Waals surface area contributed by atoms with Crippen LogP contribution in [0.3, 0.4) is 0 Å². The highest BCUT2D eigenvalue weighted by atomic mass is 16.5. The van der Waals surface area contributed by atoms with Crippen LogP contribution in [0, 0.1) is 0 Å². The van der Waals surface area contributed by atoms with E-state index in [2.05, 4.69) is 29.3 Å². The van der Waals surface area contributed by atoms with Crippen LogP contribution in [0.1, 0.15) is 52.9 Å². The molecule has 0 atom stereocenters. The molecule has 3 rings (SSSR count). The van der Waals surface area contributed by atoms with Crippen LogP contribution in [0.4, 0.5) is 0 Å². The Morgan fingerprint density at radius 1 is 1.03 bits per heavy atom. The Balaban J connectivity index is 1.55. The predicted molar refractivity (Wildman–Crippen MR) is 119 cm³/mol. The van der Waals surface area contributed by atoms with Gasteiger partial charge in [0.15, 0.2) is 5.78 Å². The Bertz CT molecular complexity index is 872. The highest BCUT2D eigenvalue weighted by Gasteiger charge is 2.12. The molecule has 0 bridgehead atoms. The number of nitrogens with one attached hydrogen (secondary N) is 1. The minimum atomic E-state index is 0.00575. The second-order valence-corrected chi connectivity index (χ2v) is 7.96. The van der Waals surface area contributed by atoms with Crippen LogP contribution >= 0.6 is 0 Å². The summed E-state index contributed by atoms with van der Waals surface area (Å²) in [6, 6.07) is 14.1. The summed E-state index contributed by atoms with van der Waals surface area (Å²) < 4.78 is 5.40. The normalized spacial score (nSPS) is 14.5. The first-order valence-electron chi connectivity index (χ1n) is 10.8. The van der Waals surface area contributed by atoms with Crippen molar-refractivity contribution in [3.05, 3.63) is 70.3 Å². The number of Topliss-reactive ketones (excluding diaryl/α,β-unsaturated/α-hetero) is 1. The summed E-state index contributed by atoms with van der Waals surface area (Å²) in [4.78, 5) is 26.7. The molecule has 1 saturated heterocycles. The first kappa shape index (κ1) is 22.2. The molecule has 0 aromatic heterocycles. The molecular formula is C25H32N2O3. The van der Waals surface area contributed by atoms with E-state index >= 15 is 0 Å². The van der Waals surface area contributed by atoms with Crippen LogP contribution in [-0.4, -0.2) is 42.9 Å². The Hall–Kier alpha value is -2.50. The molecule has 5 heteroatoms. The molecule has 160 valence electrons. The highest BCUT2D eigenvalue weighted by molar-refractivity contribution is 5.95. The van der Waals surface area contributed by atoms with Crippen LogP contribution in [0.5, 0.6) is 0 Å². The molecule has 1 fully saturated rings. The van der Waals surface area contributed by atoms with Crippen molar-refractivity contribution in [1.82, 2.24) is 10.2 Å². The van der Waals surface area contributed by atoms with Crippen molar-refractivity contribution in [3.8, 4) is 0 Å². The number of amides is 1. The van der Waals surface area contributed by atoms with Gasteiger partial charge in [0.1, 0.15) is 0 Å². The van der Waals surface area contributed by atoms with Crippen molar-refractivity contribution in [3.63, 3.8) is 0 Å². The van der Waals surface area contributed by atoms with E-state index in [1.54, 1.807) is 6.92 Å². The number of ketones is 1. The Morgan fingerprint density at radius 2 is 1.80 bits per heavy atom. The zero-order valence-corrected chi connectivity index (χ0v) is 18.1. The van der Waals surface area contributed by atoms with Crippen LogP contribution in [-0.2, 0) is 35.5 Å². The fourth-order valence-electron chi connectivity index (χ4n) is 3.88.